The van der Waals surface area contributed by atoms with E-state index in [-0.39, 0.29) is 24.0 Å². The summed E-state index contributed by atoms with van der Waals surface area (Å²) in [4.78, 5) is 9.33. The lowest BCUT2D eigenvalue weighted by molar-refractivity contribution is 0.0536. The van der Waals surface area contributed by atoms with E-state index in [1.54, 1.807) is 7.11 Å². The maximum Gasteiger partial charge on any atom is 0.193 e. The van der Waals surface area contributed by atoms with Crippen molar-refractivity contribution in [2.75, 3.05) is 71.6 Å². The molecule has 1 aromatic carbocycles. The van der Waals surface area contributed by atoms with Crippen LogP contribution in [0.4, 0.5) is 5.69 Å². The number of ether oxygens (including phenoxy) is 2. The molecule has 0 amide bonds. The molecule has 2 aliphatic heterocycles. The van der Waals surface area contributed by atoms with Crippen LogP contribution in [-0.4, -0.2) is 77.6 Å². The first-order valence-electron chi connectivity index (χ1n) is 10.6. The van der Waals surface area contributed by atoms with Crippen molar-refractivity contribution >= 4 is 47.2 Å². The molecule has 0 aromatic heterocycles. The number of halogens is 2. The molecule has 2 unspecified atom stereocenters. The number of anilines is 1. The van der Waals surface area contributed by atoms with Gasteiger partial charge in [0.25, 0.3) is 0 Å². The third-order valence-electron chi connectivity index (χ3n) is 5.93. The SMILES string of the molecule is CN=C(NCC1CCN(c2cc(Cl)ccc2C)C1)N1CCC(COCCOC)C1.I. The van der Waals surface area contributed by atoms with Crippen molar-refractivity contribution in [3.05, 3.63) is 28.8 Å². The molecule has 0 spiro atoms. The summed E-state index contributed by atoms with van der Waals surface area (Å²) >= 11 is 6.21. The maximum atomic E-state index is 6.21. The second-order valence-corrected chi connectivity index (χ2v) is 8.56. The van der Waals surface area contributed by atoms with Crippen molar-refractivity contribution in [2.24, 2.45) is 16.8 Å². The number of hydrogen-bond donors (Lipinski definition) is 1. The van der Waals surface area contributed by atoms with Crippen LogP contribution in [0.2, 0.25) is 5.02 Å². The zero-order valence-corrected chi connectivity index (χ0v) is 21.5. The van der Waals surface area contributed by atoms with Crippen LogP contribution in [0.15, 0.2) is 23.2 Å². The molecule has 6 nitrogen and oxygen atoms in total. The molecule has 1 N–H and O–H groups in total. The minimum absolute atomic E-state index is 0. The standard InChI is InChI=1S/C22H35ClN4O2.HI/c1-17-4-5-20(23)12-21(17)26-8-6-18(14-26)13-25-22(24-2)27-9-7-19(15-27)16-29-11-10-28-3;/h4-5,12,18-19H,6-11,13-16H2,1-3H3,(H,24,25);1H. The summed E-state index contributed by atoms with van der Waals surface area (Å²) in [6.07, 6.45) is 2.34. The van der Waals surface area contributed by atoms with Gasteiger partial charge >= 0.3 is 0 Å². The van der Waals surface area contributed by atoms with Crippen molar-refractivity contribution in [1.82, 2.24) is 10.2 Å². The molecule has 0 saturated carbocycles. The Hall–Kier alpha value is -0.770. The molecule has 2 aliphatic rings. The van der Waals surface area contributed by atoms with Gasteiger partial charge in [0.05, 0.1) is 19.8 Å². The minimum atomic E-state index is 0. The molecule has 0 aliphatic carbocycles. The van der Waals surface area contributed by atoms with Crippen molar-refractivity contribution in [2.45, 2.75) is 19.8 Å². The van der Waals surface area contributed by atoms with Gasteiger partial charge in [-0.1, -0.05) is 17.7 Å². The number of guanidine groups is 1. The molecule has 0 radical (unpaired) electrons. The molecule has 8 heteroatoms. The van der Waals surface area contributed by atoms with E-state index < -0.39 is 0 Å². The van der Waals surface area contributed by atoms with Crippen LogP contribution < -0.4 is 10.2 Å². The van der Waals surface area contributed by atoms with Crippen LogP contribution >= 0.6 is 35.6 Å². The number of methoxy groups -OCH3 is 1. The van der Waals surface area contributed by atoms with Gasteiger partial charge in [0.1, 0.15) is 0 Å². The Morgan fingerprint density at radius 1 is 1.20 bits per heavy atom. The Morgan fingerprint density at radius 2 is 2.00 bits per heavy atom. The van der Waals surface area contributed by atoms with Crippen molar-refractivity contribution in [3.63, 3.8) is 0 Å². The van der Waals surface area contributed by atoms with E-state index in [0.717, 1.165) is 56.7 Å². The third kappa shape index (κ3) is 7.14. The second kappa shape index (κ2) is 12.9. The Bertz CT molecular complexity index is 691. The van der Waals surface area contributed by atoms with Gasteiger partial charge in [-0.15, -0.1) is 24.0 Å². The number of nitrogens with one attached hydrogen (secondary N) is 1. The van der Waals surface area contributed by atoms with Crippen LogP contribution in [0.25, 0.3) is 0 Å². The van der Waals surface area contributed by atoms with Gasteiger partial charge in [-0.25, -0.2) is 0 Å². The summed E-state index contributed by atoms with van der Waals surface area (Å²) < 4.78 is 10.7. The number of rotatable bonds is 8. The van der Waals surface area contributed by atoms with Gasteiger partial charge in [-0.3, -0.25) is 4.99 Å². The van der Waals surface area contributed by atoms with E-state index in [4.69, 9.17) is 21.1 Å². The maximum absolute atomic E-state index is 6.21. The molecule has 30 heavy (non-hydrogen) atoms. The average molecular weight is 551 g/mol. The first kappa shape index (κ1) is 25.5. The summed E-state index contributed by atoms with van der Waals surface area (Å²) in [5.74, 6) is 2.20. The number of aryl methyl sites for hydroxylation is 1. The normalized spacial score (nSPS) is 21.8. The third-order valence-corrected chi connectivity index (χ3v) is 6.16. The molecule has 2 fully saturated rings. The van der Waals surface area contributed by atoms with E-state index in [2.05, 4.69) is 39.2 Å². The molecular weight excluding hydrogens is 515 g/mol. The highest BCUT2D eigenvalue weighted by Crippen LogP contribution is 2.29. The lowest BCUT2D eigenvalue weighted by Gasteiger charge is -2.24. The van der Waals surface area contributed by atoms with Crippen molar-refractivity contribution in [3.8, 4) is 0 Å². The summed E-state index contributed by atoms with van der Waals surface area (Å²) in [6, 6.07) is 6.16. The molecule has 170 valence electrons. The molecule has 2 heterocycles. The summed E-state index contributed by atoms with van der Waals surface area (Å²) in [5.41, 5.74) is 2.55. The average Bonchev–Trinajstić information content (AvgIpc) is 3.38. The highest BCUT2D eigenvalue weighted by atomic mass is 127. The van der Waals surface area contributed by atoms with E-state index in [1.165, 1.54) is 17.7 Å². The predicted octanol–water partition coefficient (Wildman–Crippen LogP) is 3.65. The molecular formula is C22H36ClIN4O2. The first-order valence-corrected chi connectivity index (χ1v) is 11.0. The summed E-state index contributed by atoms with van der Waals surface area (Å²) in [7, 11) is 3.58. The van der Waals surface area contributed by atoms with Gasteiger partial charge in [-0.05, 0) is 43.4 Å². The molecule has 0 bridgehead atoms. The topological polar surface area (TPSA) is 49.3 Å². The van der Waals surface area contributed by atoms with Gasteiger partial charge in [0.2, 0.25) is 0 Å². The van der Waals surface area contributed by atoms with Crippen LogP contribution in [-0.2, 0) is 9.47 Å². The fourth-order valence-corrected chi connectivity index (χ4v) is 4.43. The highest BCUT2D eigenvalue weighted by molar-refractivity contribution is 14.0. The molecule has 2 atom stereocenters. The Morgan fingerprint density at radius 3 is 2.77 bits per heavy atom. The Balaban J connectivity index is 0.00000320. The molecule has 3 rings (SSSR count). The Kier molecular flexibility index (Phi) is 11.0. The lowest BCUT2D eigenvalue weighted by Crippen LogP contribution is -2.42. The summed E-state index contributed by atoms with van der Waals surface area (Å²) in [6.45, 7) is 9.42. The van der Waals surface area contributed by atoms with E-state index in [0.29, 0.717) is 25.0 Å². The number of aliphatic imine (C=N–C) groups is 1. The fraction of sp³-hybridized carbons (Fsp3) is 0.682. The van der Waals surface area contributed by atoms with Gasteiger partial charge < -0.3 is 24.6 Å². The largest absolute Gasteiger partial charge is 0.382 e. The van der Waals surface area contributed by atoms with E-state index in [9.17, 15) is 0 Å². The van der Waals surface area contributed by atoms with E-state index in [1.807, 2.05) is 13.1 Å². The number of benzene rings is 1. The molecule has 2 saturated heterocycles. The van der Waals surface area contributed by atoms with Crippen LogP contribution in [0.3, 0.4) is 0 Å². The lowest BCUT2D eigenvalue weighted by atomic mass is 10.1. The van der Waals surface area contributed by atoms with E-state index >= 15 is 0 Å². The predicted molar refractivity (Wildman–Crippen MR) is 136 cm³/mol. The zero-order valence-electron chi connectivity index (χ0n) is 18.4. The monoisotopic (exact) mass is 550 g/mol. The van der Waals surface area contributed by atoms with Crippen LogP contribution in [0.1, 0.15) is 18.4 Å². The smallest absolute Gasteiger partial charge is 0.193 e. The van der Waals surface area contributed by atoms with Gasteiger partial charge in [0, 0.05) is 63.5 Å². The number of likely N-dealkylation sites (tertiary alicyclic amines) is 1. The number of nitrogens with zero attached hydrogens (tertiary/aromatic N) is 3. The van der Waals surface area contributed by atoms with Crippen molar-refractivity contribution < 1.29 is 9.47 Å². The zero-order chi connectivity index (χ0) is 20.6. The Labute approximate surface area is 203 Å². The van der Waals surface area contributed by atoms with Gasteiger partial charge in [0.15, 0.2) is 5.96 Å². The first-order chi connectivity index (χ1) is 14.1. The van der Waals surface area contributed by atoms with Crippen molar-refractivity contribution in [1.29, 1.82) is 0 Å². The van der Waals surface area contributed by atoms with Crippen LogP contribution in [0.5, 0.6) is 0 Å². The molecule has 1 aromatic rings. The fourth-order valence-electron chi connectivity index (χ4n) is 4.26. The van der Waals surface area contributed by atoms with Crippen LogP contribution in [0, 0.1) is 18.8 Å². The quantitative estimate of drug-likeness (QED) is 0.232. The van der Waals surface area contributed by atoms with Gasteiger partial charge in [-0.2, -0.15) is 0 Å². The highest BCUT2D eigenvalue weighted by Gasteiger charge is 2.27. The summed E-state index contributed by atoms with van der Waals surface area (Å²) in [5, 5.41) is 4.42. The minimum Gasteiger partial charge on any atom is -0.382 e. The second-order valence-electron chi connectivity index (χ2n) is 8.13. The number of hydrogen-bond acceptors (Lipinski definition) is 4.